The van der Waals surface area contributed by atoms with Crippen molar-refractivity contribution in [2.45, 2.75) is 0 Å². The minimum Gasteiger partial charge on any atom is -0.368 e. The molecule has 17 heavy (non-hydrogen) atoms. The topological polar surface area (TPSA) is 80.5 Å². The molecule has 0 amide bonds. The van der Waals surface area contributed by atoms with E-state index in [1.165, 1.54) is 0 Å². The number of nitrogens with one attached hydrogen (secondary N) is 1. The summed E-state index contributed by atoms with van der Waals surface area (Å²) in [5.74, 6) is 0.232. The van der Waals surface area contributed by atoms with Gasteiger partial charge in [-0.2, -0.15) is 5.10 Å². The molecule has 6 heteroatoms. The molecule has 0 aliphatic rings. The number of aromatic nitrogens is 4. The lowest BCUT2D eigenvalue weighted by Crippen LogP contribution is -1.97. The Labute approximate surface area is 102 Å². The molecule has 0 bridgehead atoms. The first-order valence-electron chi connectivity index (χ1n) is 4.96. The number of anilines is 1. The highest BCUT2D eigenvalue weighted by Crippen LogP contribution is 2.27. The van der Waals surface area contributed by atoms with Gasteiger partial charge in [0, 0.05) is 22.2 Å². The van der Waals surface area contributed by atoms with Gasteiger partial charge in [0.05, 0.1) is 17.4 Å². The second-order valence-electron chi connectivity index (χ2n) is 3.58. The smallest absolute Gasteiger partial charge is 0.221 e. The highest BCUT2D eigenvalue weighted by molar-refractivity contribution is 6.31. The Morgan fingerprint density at radius 3 is 2.88 bits per heavy atom. The fraction of sp³-hybridized carbons (Fsp3) is 0. The van der Waals surface area contributed by atoms with Crippen LogP contribution in [0.1, 0.15) is 0 Å². The quantitative estimate of drug-likeness (QED) is 0.689. The van der Waals surface area contributed by atoms with Gasteiger partial charge in [-0.25, -0.2) is 9.97 Å². The zero-order chi connectivity index (χ0) is 11.8. The van der Waals surface area contributed by atoms with E-state index in [1.54, 1.807) is 18.5 Å². The summed E-state index contributed by atoms with van der Waals surface area (Å²) in [6, 6.07) is 5.41. The zero-order valence-corrected chi connectivity index (χ0v) is 9.44. The van der Waals surface area contributed by atoms with E-state index in [-0.39, 0.29) is 5.95 Å². The molecule has 0 aliphatic heterocycles. The lowest BCUT2D eigenvalue weighted by atomic mass is 10.1. The first-order chi connectivity index (χ1) is 8.24. The van der Waals surface area contributed by atoms with Crippen molar-refractivity contribution in [3.63, 3.8) is 0 Å². The van der Waals surface area contributed by atoms with Crippen molar-refractivity contribution in [3.05, 3.63) is 35.6 Å². The molecule has 3 N–H and O–H groups in total. The number of benzene rings is 1. The minimum atomic E-state index is 0.232. The van der Waals surface area contributed by atoms with Crippen molar-refractivity contribution in [2.24, 2.45) is 0 Å². The third-order valence-corrected chi connectivity index (χ3v) is 2.68. The first-order valence-corrected chi connectivity index (χ1v) is 5.34. The van der Waals surface area contributed by atoms with Crippen LogP contribution in [0.4, 0.5) is 5.95 Å². The van der Waals surface area contributed by atoms with Crippen LogP contribution >= 0.6 is 11.6 Å². The fourth-order valence-corrected chi connectivity index (χ4v) is 1.89. The lowest BCUT2D eigenvalue weighted by molar-refractivity contribution is 1.09. The standard InChI is InChI=1S/C11H8ClN5/c12-7-1-2-9-8(3-7)10(17-11(13)16-9)6-4-14-15-5-6/h1-5H,(H,14,15)(H2,13,16,17). The number of hydrogen-bond donors (Lipinski definition) is 2. The van der Waals surface area contributed by atoms with Crippen molar-refractivity contribution < 1.29 is 0 Å². The highest BCUT2D eigenvalue weighted by atomic mass is 35.5. The molecule has 0 saturated heterocycles. The monoisotopic (exact) mass is 245 g/mol. The van der Waals surface area contributed by atoms with Gasteiger partial charge in [0.2, 0.25) is 5.95 Å². The van der Waals surface area contributed by atoms with Crippen LogP contribution in [0.15, 0.2) is 30.6 Å². The number of H-pyrrole nitrogens is 1. The second-order valence-corrected chi connectivity index (χ2v) is 4.02. The third-order valence-electron chi connectivity index (χ3n) is 2.45. The first kappa shape index (κ1) is 10.0. The molecule has 0 fully saturated rings. The Kier molecular flexibility index (Phi) is 2.19. The van der Waals surface area contributed by atoms with Gasteiger partial charge in [-0.3, -0.25) is 5.10 Å². The number of nitrogens with zero attached hydrogens (tertiary/aromatic N) is 3. The molecule has 84 valence electrons. The maximum absolute atomic E-state index is 5.98. The van der Waals surface area contributed by atoms with Crippen LogP contribution in [0, 0.1) is 0 Å². The molecule has 2 aromatic heterocycles. The molecule has 0 spiro atoms. The number of aromatic amines is 1. The fourth-order valence-electron chi connectivity index (χ4n) is 1.72. The molecule has 0 saturated carbocycles. The summed E-state index contributed by atoms with van der Waals surface area (Å²) in [6.07, 6.45) is 3.43. The Bertz CT molecular complexity index is 678. The van der Waals surface area contributed by atoms with E-state index < -0.39 is 0 Å². The maximum atomic E-state index is 5.98. The molecule has 0 aliphatic carbocycles. The van der Waals surface area contributed by atoms with Gasteiger partial charge in [-0.15, -0.1) is 0 Å². The summed E-state index contributed by atoms with van der Waals surface area (Å²) in [7, 11) is 0. The molecular weight excluding hydrogens is 238 g/mol. The van der Waals surface area contributed by atoms with E-state index in [0.29, 0.717) is 5.02 Å². The summed E-state index contributed by atoms with van der Waals surface area (Å²) in [5, 5.41) is 8.13. The van der Waals surface area contributed by atoms with Crippen molar-refractivity contribution in [2.75, 3.05) is 5.73 Å². The lowest BCUT2D eigenvalue weighted by Gasteiger charge is -2.04. The maximum Gasteiger partial charge on any atom is 0.221 e. The number of rotatable bonds is 1. The summed E-state index contributed by atoms with van der Waals surface area (Å²) in [5.41, 5.74) is 8.02. The van der Waals surface area contributed by atoms with Crippen LogP contribution < -0.4 is 5.73 Å². The summed E-state index contributed by atoms with van der Waals surface area (Å²) < 4.78 is 0. The Morgan fingerprint density at radius 2 is 2.12 bits per heavy atom. The number of hydrogen-bond acceptors (Lipinski definition) is 4. The number of nitrogen functional groups attached to an aromatic ring is 1. The average molecular weight is 246 g/mol. The van der Waals surface area contributed by atoms with Gasteiger partial charge in [-0.05, 0) is 18.2 Å². The predicted molar refractivity (Wildman–Crippen MR) is 66.5 cm³/mol. The predicted octanol–water partition coefficient (Wildman–Crippen LogP) is 2.26. The molecule has 3 aromatic rings. The number of nitrogens with two attached hydrogens (primary N) is 1. The Morgan fingerprint density at radius 1 is 1.24 bits per heavy atom. The van der Waals surface area contributed by atoms with Gasteiger partial charge < -0.3 is 5.73 Å². The molecule has 5 nitrogen and oxygen atoms in total. The van der Waals surface area contributed by atoms with Crippen molar-refractivity contribution >= 4 is 28.5 Å². The molecule has 0 unspecified atom stereocenters. The molecule has 1 aromatic carbocycles. The van der Waals surface area contributed by atoms with Gasteiger partial charge in [0.1, 0.15) is 0 Å². The Hall–Kier alpha value is -2.14. The number of fused-ring (bicyclic) bond motifs is 1. The normalized spacial score (nSPS) is 10.9. The molecule has 2 heterocycles. The molecule has 0 atom stereocenters. The molecule has 3 rings (SSSR count). The van der Waals surface area contributed by atoms with E-state index >= 15 is 0 Å². The molecular formula is C11H8ClN5. The summed E-state index contributed by atoms with van der Waals surface area (Å²) in [4.78, 5) is 8.40. The van der Waals surface area contributed by atoms with E-state index in [1.807, 2.05) is 12.1 Å². The van der Waals surface area contributed by atoms with Crippen molar-refractivity contribution in [3.8, 4) is 11.3 Å². The minimum absolute atomic E-state index is 0.232. The van der Waals surface area contributed by atoms with Crippen LogP contribution in [0.5, 0.6) is 0 Å². The summed E-state index contributed by atoms with van der Waals surface area (Å²) in [6.45, 7) is 0. The number of halogens is 1. The van der Waals surface area contributed by atoms with Gasteiger partial charge in [-0.1, -0.05) is 11.6 Å². The van der Waals surface area contributed by atoms with Crippen molar-refractivity contribution in [1.82, 2.24) is 20.2 Å². The van der Waals surface area contributed by atoms with Crippen LogP contribution in [0.3, 0.4) is 0 Å². The van der Waals surface area contributed by atoms with E-state index in [9.17, 15) is 0 Å². The van der Waals surface area contributed by atoms with Crippen LogP contribution in [-0.4, -0.2) is 20.2 Å². The van der Waals surface area contributed by atoms with E-state index in [4.69, 9.17) is 17.3 Å². The van der Waals surface area contributed by atoms with Crippen LogP contribution in [0.25, 0.3) is 22.2 Å². The zero-order valence-electron chi connectivity index (χ0n) is 8.68. The second kappa shape index (κ2) is 3.71. The van der Waals surface area contributed by atoms with Gasteiger partial charge in [0.15, 0.2) is 0 Å². The largest absolute Gasteiger partial charge is 0.368 e. The van der Waals surface area contributed by atoms with Gasteiger partial charge >= 0.3 is 0 Å². The van der Waals surface area contributed by atoms with Gasteiger partial charge in [0.25, 0.3) is 0 Å². The van der Waals surface area contributed by atoms with Crippen molar-refractivity contribution in [1.29, 1.82) is 0 Å². The highest BCUT2D eigenvalue weighted by Gasteiger charge is 2.09. The molecule has 0 radical (unpaired) electrons. The third kappa shape index (κ3) is 1.70. The summed E-state index contributed by atoms with van der Waals surface area (Å²) >= 11 is 5.98. The van der Waals surface area contributed by atoms with Crippen LogP contribution in [-0.2, 0) is 0 Å². The Balaban J connectivity index is 2.39. The van der Waals surface area contributed by atoms with E-state index in [2.05, 4.69) is 20.2 Å². The SMILES string of the molecule is Nc1nc(-c2cn[nH]c2)c2cc(Cl)ccc2n1. The van der Waals surface area contributed by atoms with Crippen LogP contribution in [0.2, 0.25) is 5.02 Å². The average Bonchev–Trinajstić information content (AvgIpc) is 2.82. The van der Waals surface area contributed by atoms with E-state index in [0.717, 1.165) is 22.2 Å².